The normalized spacial score (nSPS) is 9.73. The lowest BCUT2D eigenvalue weighted by atomic mass is 9.87. The molecule has 1 aromatic carbocycles. The smallest absolute Gasteiger partial charge is 0.0169 e. The van der Waals surface area contributed by atoms with E-state index in [0.29, 0.717) is 0 Å². The van der Waals surface area contributed by atoms with E-state index in [1.54, 1.807) is 0 Å². The van der Waals surface area contributed by atoms with Gasteiger partial charge in [0.15, 0.2) is 0 Å². The summed E-state index contributed by atoms with van der Waals surface area (Å²) < 4.78 is 0. The second-order valence-corrected chi connectivity index (χ2v) is 4.28. The van der Waals surface area contributed by atoms with E-state index < -0.39 is 0 Å². The zero-order valence-corrected chi connectivity index (χ0v) is 10.2. The molecule has 0 heteroatoms. The highest BCUT2D eigenvalue weighted by molar-refractivity contribution is 5.71. The first-order valence-electron chi connectivity index (χ1n) is 5.10. The summed E-state index contributed by atoms with van der Waals surface area (Å²) in [6, 6.07) is 0. The van der Waals surface area contributed by atoms with Crippen LogP contribution < -0.4 is 0 Å². The van der Waals surface area contributed by atoms with Crippen molar-refractivity contribution in [2.24, 2.45) is 0 Å². The fourth-order valence-corrected chi connectivity index (χ4v) is 2.14. The Morgan fingerprint density at radius 3 is 1.27 bits per heavy atom. The summed E-state index contributed by atoms with van der Waals surface area (Å²) in [6.45, 7) is 17.1. The Morgan fingerprint density at radius 2 is 1.00 bits per heavy atom. The van der Waals surface area contributed by atoms with Crippen LogP contribution in [0.15, 0.2) is 6.58 Å². The first-order chi connectivity index (χ1) is 6.37. The standard InChI is InChI=1S/C14H20.CH4/c1-8(2)14-12(6)10(4)9(3)11(5)13(14)7;/h1H2,2-7H3;1H4. The van der Waals surface area contributed by atoms with Crippen molar-refractivity contribution in [3.63, 3.8) is 0 Å². The molecule has 0 radical (unpaired) electrons. The van der Waals surface area contributed by atoms with Crippen molar-refractivity contribution >= 4 is 5.57 Å². The third-order valence-electron chi connectivity index (χ3n) is 3.43. The van der Waals surface area contributed by atoms with Crippen LogP contribution >= 0.6 is 0 Å². The van der Waals surface area contributed by atoms with Gasteiger partial charge in [0.05, 0.1) is 0 Å². The molecule has 0 spiro atoms. The monoisotopic (exact) mass is 204 g/mol. The minimum Gasteiger partial charge on any atom is -0.0955 e. The highest BCUT2D eigenvalue weighted by Crippen LogP contribution is 2.29. The van der Waals surface area contributed by atoms with E-state index in [1.165, 1.54) is 39.0 Å². The van der Waals surface area contributed by atoms with E-state index in [4.69, 9.17) is 0 Å². The molecule has 0 atom stereocenters. The summed E-state index contributed by atoms with van der Waals surface area (Å²) >= 11 is 0. The van der Waals surface area contributed by atoms with Gasteiger partial charge in [-0.05, 0) is 74.9 Å². The van der Waals surface area contributed by atoms with Gasteiger partial charge < -0.3 is 0 Å². The third-order valence-corrected chi connectivity index (χ3v) is 3.43. The third kappa shape index (κ3) is 2.14. The zero-order chi connectivity index (χ0) is 11.0. The molecular weight excluding hydrogens is 180 g/mol. The second-order valence-electron chi connectivity index (χ2n) is 4.28. The molecule has 0 aliphatic rings. The highest BCUT2D eigenvalue weighted by atomic mass is 14.2. The zero-order valence-electron chi connectivity index (χ0n) is 10.2. The molecule has 0 amide bonds. The Hall–Kier alpha value is -1.04. The second kappa shape index (κ2) is 4.65. The molecule has 0 aliphatic heterocycles. The maximum absolute atomic E-state index is 4.06. The van der Waals surface area contributed by atoms with Gasteiger partial charge in [0, 0.05) is 0 Å². The minimum absolute atomic E-state index is 0. The predicted molar refractivity (Wildman–Crippen MR) is 71.6 cm³/mol. The Morgan fingerprint density at radius 1 is 0.733 bits per heavy atom. The molecule has 0 bridgehead atoms. The minimum atomic E-state index is 0. The van der Waals surface area contributed by atoms with Crippen LogP contribution in [0.4, 0.5) is 0 Å². The van der Waals surface area contributed by atoms with Gasteiger partial charge in [-0.25, -0.2) is 0 Å². The first-order valence-corrected chi connectivity index (χ1v) is 5.10. The average molecular weight is 204 g/mol. The Bertz CT molecular complexity index is 366. The number of rotatable bonds is 1. The van der Waals surface area contributed by atoms with Crippen LogP contribution in [0.1, 0.15) is 47.7 Å². The van der Waals surface area contributed by atoms with Gasteiger partial charge in [-0.2, -0.15) is 0 Å². The van der Waals surface area contributed by atoms with Crippen LogP contribution in [0, 0.1) is 34.6 Å². The molecule has 84 valence electrons. The number of hydrogen-bond acceptors (Lipinski definition) is 0. The highest BCUT2D eigenvalue weighted by Gasteiger charge is 2.11. The van der Waals surface area contributed by atoms with E-state index in [-0.39, 0.29) is 7.43 Å². The number of allylic oxidation sites excluding steroid dienone is 1. The van der Waals surface area contributed by atoms with E-state index in [9.17, 15) is 0 Å². The van der Waals surface area contributed by atoms with Gasteiger partial charge in [0.25, 0.3) is 0 Å². The fraction of sp³-hybridized carbons (Fsp3) is 0.467. The van der Waals surface area contributed by atoms with Crippen LogP contribution in [0.3, 0.4) is 0 Å². The Kier molecular flexibility index (Phi) is 4.33. The Labute approximate surface area is 95.0 Å². The molecule has 0 saturated heterocycles. The lowest BCUT2D eigenvalue weighted by Crippen LogP contribution is -2.00. The van der Waals surface area contributed by atoms with Crippen molar-refractivity contribution in [3.8, 4) is 0 Å². The van der Waals surface area contributed by atoms with Crippen LogP contribution in [0.2, 0.25) is 0 Å². The van der Waals surface area contributed by atoms with Gasteiger partial charge in [-0.15, -0.1) is 0 Å². The quantitative estimate of drug-likeness (QED) is 0.610. The van der Waals surface area contributed by atoms with Gasteiger partial charge >= 0.3 is 0 Å². The first kappa shape index (κ1) is 14.0. The van der Waals surface area contributed by atoms with Gasteiger partial charge in [0.1, 0.15) is 0 Å². The SMILES string of the molecule is C.C=C(C)c1c(C)c(C)c(C)c(C)c1C. The van der Waals surface area contributed by atoms with E-state index >= 15 is 0 Å². The van der Waals surface area contributed by atoms with Gasteiger partial charge in [0.2, 0.25) is 0 Å². The van der Waals surface area contributed by atoms with Crippen molar-refractivity contribution in [2.45, 2.75) is 49.0 Å². The molecule has 0 unspecified atom stereocenters. The Balaban J connectivity index is 0.00000196. The molecule has 0 fully saturated rings. The van der Waals surface area contributed by atoms with E-state index in [2.05, 4.69) is 48.1 Å². The predicted octanol–water partition coefficient (Wildman–Crippen LogP) is 4.90. The van der Waals surface area contributed by atoms with Crippen LogP contribution in [0.5, 0.6) is 0 Å². The van der Waals surface area contributed by atoms with Crippen LogP contribution in [-0.2, 0) is 0 Å². The largest absolute Gasteiger partial charge is 0.0955 e. The molecule has 1 aromatic rings. The summed E-state index contributed by atoms with van der Waals surface area (Å²) in [5, 5.41) is 0. The summed E-state index contributed by atoms with van der Waals surface area (Å²) in [7, 11) is 0. The summed E-state index contributed by atoms with van der Waals surface area (Å²) in [5.41, 5.74) is 9.54. The summed E-state index contributed by atoms with van der Waals surface area (Å²) in [5.74, 6) is 0. The molecule has 15 heavy (non-hydrogen) atoms. The number of benzene rings is 1. The molecule has 0 aliphatic carbocycles. The van der Waals surface area contributed by atoms with E-state index in [1.807, 2.05) is 0 Å². The topological polar surface area (TPSA) is 0 Å². The van der Waals surface area contributed by atoms with E-state index in [0.717, 1.165) is 0 Å². The summed E-state index contributed by atoms with van der Waals surface area (Å²) in [4.78, 5) is 0. The lowest BCUT2D eigenvalue weighted by molar-refractivity contribution is 1.16. The molecule has 0 nitrogen and oxygen atoms in total. The van der Waals surface area contributed by atoms with Crippen LogP contribution in [0.25, 0.3) is 5.57 Å². The van der Waals surface area contributed by atoms with Crippen molar-refractivity contribution in [1.29, 1.82) is 0 Å². The maximum atomic E-state index is 4.06. The maximum Gasteiger partial charge on any atom is -0.0169 e. The summed E-state index contributed by atoms with van der Waals surface area (Å²) in [6.07, 6.45) is 0. The molecule has 0 N–H and O–H groups in total. The molecular formula is C15H24. The lowest BCUT2D eigenvalue weighted by Gasteiger charge is -2.18. The number of hydrogen-bond donors (Lipinski definition) is 0. The van der Waals surface area contributed by atoms with Gasteiger partial charge in [-0.1, -0.05) is 19.6 Å². The fourth-order valence-electron chi connectivity index (χ4n) is 2.14. The van der Waals surface area contributed by atoms with Crippen molar-refractivity contribution in [2.75, 3.05) is 0 Å². The molecule has 1 rings (SSSR count). The van der Waals surface area contributed by atoms with Crippen molar-refractivity contribution < 1.29 is 0 Å². The van der Waals surface area contributed by atoms with Crippen molar-refractivity contribution in [3.05, 3.63) is 40.0 Å². The average Bonchev–Trinajstić information content (AvgIpc) is 2.11. The molecule has 0 saturated carbocycles. The van der Waals surface area contributed by atoms with Crippen molar-refractivity contribution in [1.82, 2.24) is 0 Å². The molecule has 0 aromatic heterocycles. The van der Waals surface area contributed by atoms with Gasteiger partial charge in [-0.3, -0.25) is 0 Å². The molecule has 0 heterocycles. The van der Waals surface area contributed by atoms with Crippen LogP contribution in [-0.4, -0.2) is 0 Å².